The Morgan fingerprint density at radius 2 is 1.86 bits per heavy atom. The van der Waals surface area contributed by atoms with Gasteiger partial charge in [-0.3, -0.25) is 0 Å². The summed E-state index contributed by atoms with van der Waals surface area (Å²) >= 11 is 3.48. The van der Waals surface area contributed by atoms with Gasteiger partial charge in [0, 0.05) is 23.3 Å². The van der Waals surface area contributed by atoms with Crippen LogP contribution in [0.25, 0.3) is 10.8 Å². The fourth-order valence-corrected chi connectivity index (χ4v) is 2.54. The van der Waals surface area contributed by atoms with Crippen molar-refractivity contribution in [3.63, 3.8) is 0 Å². The third kappa shape index (κ3) is 3.40. The molecule has 4 heteroatoms. The molecule has 0 aliphatic carbocycles. The maximum Gasteiger partial charge on any atom is 0.219 e. The van der Waals surface area contributed by atoms with Gasteiger partial charge in [0.05, 0.1) is 0 Å². The number of fused-ring (bicyclic) bond motifs is 1. The lowest BCUT2D eigenvalue weighted by molar-refractivity contribution is 0.463. The quantitative estimate of drug-likeness (QED) is 0.757. The Bertz CT molecular complexity index is 756. The summed E-state index contributed by atoms with van der Waals surface area (Å²) < 4.78 is 6.88. The van der Waals surface area contributed by atoms with E-state index < -0.39 is 0 Å². The van der Waals surface area contributed by atoms with Crippen molar-refractivity contribution in [2.75, 3.05) is 7.05 Å². The average Bonchev–Trinajstić information content (AvgIpc) is 2.50. The molecule has 2 aromatic carbocycles. The van der Waals surface area contributed by atoms with Gasteiger partial charge in [-0.05, 0) is 47.6 Å². The van der Waals surface area contributed by atoms with Crippen molar-refractivity contribution in [2.24, 2.45) is 0 Å². The molecule has 1 N–H and O–H groups in total. The first-order valence-electron chi connectivity index (χ1n) is 6.71. The highest BCUT2D eigenvalue weighted by molar-refractivity contribution is 9.10. The SMILES string of the molecule is CNCc1ccc(Oc2ccc3cc(Br)ccc3c2)nc1. The molecule has 0 amide bonds. The van der Waals surface area contributed by atoms with Crippen molar-refractivity contribution in [2.45, 2.75) is 6.54 Å². The van der Waals surface area contributed by atoms with Crippen LogP contribution in [0.1, 0.15) is 5.56 Å². The molecule has 0 bridgehead atoms. The molecule has 1 aromatic heterocycles. The highest BCUT2D eigenvalue weighted by Crippen LogP contribution is 2.26. The van der Waals surface area contributed by atoms with Crippen LogP contribution in [0.3, 0.4) is 0 Å². The molecule has 0 saturated carbocycles. The smallest absolute Gasteiger partial charge is 0.219 e. The summed E-state index contributed by atoms with van der Waals surface area (Å²) in [6.45, 7) is 0.804. The molecule has 0 unspecified atom stereocenters. The molecular formula is C17H15BrN2O. The lowest BCUT2D eigenvalue weighted by atomic mass is 10.1. The number of nitrogens with zero attached hydrogens (tertiary/aromatic N) is 1. The molecule has 0 radical (unpaired) electrons. The standard InChI is InChI=1S/C17H15BrN2O/c1-19-10-12-2-7-17(20-11-12)21-16-6-4-13-8-15(18)5-3-14(13)9-16/h2-9,11,19H,10H2,1H3. The monoisotopic (exact) mass is 342 g/mol. The van der Waals surface area contributed by atoms with Crippen LogP contribution in [-0.4, -0.2) is 12.0 Å². The van der Waals surface area contributed by atoms with Crippen molar-refractivity contribution in [1.29, 1.82) is 0 Å². The number of hydrogen-bond acceptors (Lipinski definition) is 3. The maximum atomic E-state index is 5.81. The Kier molecular flexibility index (Phi) is 4.18. The van der Waals surface area contributed by atoms with Crippen LogP contribution in [-0.2, 0) is 6.54 Å². The Hall–Kier alpha value is -1.91. The summed E-state index contributed by atoms with van der Waals surface area (Å²) in [6, 6.07) is 16.1. The average molecular weight is 343 g/mol. The van der Waals surface area contributed by atoms with Crippen LogP contribution in [0.4, 0.5) is 0 Å². The molecule has 3 rings (SSSR count). The summed E-state index contributed by atoms with van der Waals surface area (Å²) in [4.78, 5) is 4.32. The first-order valence-corrected chi connectivity index (χ1v) is 7.50. The van der Waals surface area contributed by atoms with Gasteiger partial charge in [0.25, 0.3) is 0 Å². The van der Waals surface area contributed by atoms with E-state index in [1.165, 1.54) is 5.39 Å². The van der Waals surface area contributed by atoms with Crippen molar-refractivity contribution in [3.05, 3.63) is 64.8 Å². The maximum absolute atomic E-state index is 5.81. The largest absolute Gasteiger partial charge is 0.439 e. The zero-order chi connectivity index (χ0) is 14.7. The van der Waals surface area contributed by atoms with Crippen LogP contribution >= 0.6 is 15.9 Å². The molecular weight excluding hydrogens is 328 g/mol. The minimum Gasteiger partial charge on any atom is -0.439 e. The first-order chi connectivity index (χ1) is 10.2. The van der Waals surface area contributed by atoms with Crippen LogP contribution in [0, 0.1) is 0 Å². The number of nitrogens with one attached hydrogen (secondary N) is 1. The number of halogens is 1. The van der Waals surface area contributed by atoms with Crippen LogP contribution in [0.2, 0.25) is 0 Å². The highest BCUT2D eigenvalue weighted by atomic mass is 79.9. The molecule has 0 atom stereocenters. The normalized spacial score (nSPS) is 10.8. The van der Waals surface area contributed by atoms with Crippen molar-refractivity contribution < 1.29 is 4.74 Å². The van der Waals surface area contributed by atoms with E-state index >= 15 is 0 Å². The summed E-state index contributed by atoms with van der Waals surface area (Å²) in [5.74, 6) is 1.39. The van der Waals surface area contributed by atoms with Gasteiger partial charge in [-0.15, -0.1) is 0 Å². The summed E-state index contributed by atoms with van der Waals surface area (Å²) in [7, 11) is 1.91. The van der Waals surface area contributed by atoms with E-state index in [0.29, 0.717) is 5.88 Å². The van der Waals surface area contributed by atoms with Gasteiger partial charge in [-0.25, -0.2) is 4.98 Å². The van der Waals surface area contributed by atoms with Crippen LogP contribution in [0.5, 0.6) is 11.6 Å². The fourth-order valence-electron chi connectivity index (χ4n) is 2.16. The summed E-state index contributed by atoms with van der Waals surface area (Å²) in [5, 5.41) is 5.41. The van der Waals surface area contributed by atoms with E-state index in [4.69, 9.17) is 4.74 Å². The minimum absolute atomic E-state index is 0.603. The second-order valence-electron chi connectivity index (χ2n) is 4.79. The third-order valence-electron chi connectivity index (χ3n) is 3.17. The lowest BCUT2D eigenvalue weighted by Gasteiger charge is -2.07. The van der Waals surface area contributed by atoms with Gasteiger partial charge in [-0.2, -0.15) is 0 Å². The molecule has 106 valence electrons. The zero-order valence-electron chi connectivity index (χ0n) is 11.6. The third-order valence-corrected chi connectivity index (χ3v) is 3.67. The lowest BCUT2D eigenvalue weighted by Crippen LogP contribution is -2.05. The molecule has 3 aromatic rings. The highest BCUT2D eigenvalue weighted by Gasteiger charge is 2.02. The van der Waals surface area contributed by atoms with Gasteiger partial charge in [-0.1, -0.05) is 34.1 Å². The van der Waals surface area contributed by atoms with Gasteiger partial charge in [0.2, 0.25) is 5.88 Å². The van der Waals surface area contributed by atoms with E-state index in [9.17, 15) is 0 Å². The van der Waals surface area contributed by atoms with Gasteiger partial charge >= 0.3 is 0 Å². The summed E-state index contributed by atoms with van der Waals surface area (Å²) in [6.07, 6.45) is 1.82. The number of pyridine rings is 1. The van der Waals surface area contributed by atoms with Gasteiger partial charge < -0.3 is 10.1 Å². The van der Waals surface area contributed by atoms with Gasteiger partial charge in [0.1, 0.15) is 5.75 Å². The first kappa shape index (κ1) is 14.0. The van der Waals surface area contributed by atoms with Crippen LogP contribution in [0.15, 0.2) is 59.2 Å². The second-order valence-corrected chi connectivity index (χ2v) is 5.71. The van der Waals surface area contributed by atoms with Crippen LogP contribution < -0.4 is 10.1 Å². The number of ether oxygens (including phenoxy) is 1. The fraction of sp³-hybridized carbons (Fsp3) is 0.118. The second kappa shape index (κ2) is 6.24. The molecule has 0 saturated heterocycles. The Balaban J connectivity index is 1.82. The minimum atomic E-state index is 0.603. The number of hydrogen-bond donors (Lipinski definition) is 1. The number of aromatic nitrogens is 1. The summed E-state index contributed by atoms with van der Waals surface area (Å²) in [5.41, 5.74) is 1.13. The van der Waals surface area contributed by atoms with Crippen molar-refractivity contribution >= 4 is 26.7 Å². The predicted octanol–water partition coefficient (Wildman–Crippen LogP) is 4.51. The Morgan fingerprint density at radius 3 is 2.62 bits per heavy atom. The van der Waals surface area contributed by atoms with Gasteiger partial charge in [0.15, 0.2) is 0 Å². The van der Waals surface area contributed by atoms with E-state index in [1.807, 2.05) is 49.6 Å². The van der Waals surface area contributed by atoms with Crippen molar-refractivity contribution in [3.8, 4) is 11.6 Å². The molecule has 0 aliphatic heterocycles. The molecule has 0 fully saturated rings. The molecule has 21 heavy (non-hydrogen) atoms. The molecule has 0 spiro atoms. The van der Waals surface area contributed by atoms with E-state index in [1.54, 1.807) is 0 Å². The Morgan fingerprint density at radius 1 is 1.05 bits per heavy atom. The van der Waals surface area contributed by atoms with E-state index in [2.05, 4.69) is 38.4 Å². The molecule has 0 aliphatic rings. The number of benzene rings is 2. The predicted molar refractivity (Wildman–Crippen MR) is 88.7 cm³/mol. The number of rotatable bonds is 4. The molecule has 3 nitrogen and oxygen atoms in total. The Labute approximate surface area is 132 Å². The molecule has 1 heterocycles. The van der Waals surface area contributed by atoms with E-state index in [0.717, 1.165) is 27.7 Å². The van der Waals surface area contributed by atoms with E-state index in [-0.39, 0.29) is 0 Å². The topological polar surface area (TPSA) is 34.1 Å². The van der Waals surface area contributed by atoms with Crippen molar-refractivity contribution in [1.82, 2.24) is 10.3 Å². The zero-order valence-corrected chi connectivity index (χ0v) is 13.2.